The van der Waals surface area contributed by atoms with Crippen molar-refractivity contribution >= 4 is 11.5 Å². The Bertz CT molecular complexity index is 538. The van der Waals surface area contributed by atoms with Crippen LogP contribution >= 0.6 is 11.5 Å². The van der Waals surface area contributed by atoms with E-state index >= 15 is 0 Å². The second kappa shape index (κ2) is 4.18. The van der Waals surface area contributed by atoms with E-state index in [2.05, 4.69) is 16.3 Å². The summed E-state index contributed by atoms with van der Waals surface area (Å²) in [5.74, 6) is 1.80. The van der Waals surface area contributed by atoms with Gasteiger partial charge in [-0.05, 0) is 36.0 Å². The predicted octanol–water partition coefficient (Wildman–Crippen LogP) is 3.86. The van der Waals surface area contributed by atoms with Crippen molar-refractivity contribution in [2.24, 2.45) is 5.92 Å². The molecule has 0 saturated heterocycles. The van der Waals surface area contributed by atoms with Gasteiger partial charge in [-0.1, -0.05) is 25.5 Å². The lowest BCUT2D eigenvalue weighted by Gasteiger charge is -1.94. The van der Waals surface area contributed by atoms with E-state index in [9.17, 15) is 4.39 Å². The number of benzene rings is 1. The minimum atomic E-state index is -0.239. The molecule has 1 heterocycles. The smallest absolute Gasteiger partial charge is 0.173 e. The summed E-state index contributed by atoms with van der Waals surface area (Å²) in [6.07, 6.45) is 2.44. The highest BCUT2D eigenvalue weighted by molar-refractivity contribution is 7.05. The van der Waals surface area contributed by atoms with Gasteiger partial charge in [-0.2, -0.15) is 4.37 Å². The molecule has 1 aromatic heterocycles. The molecule has 1 saturated carbocycles. The molecule has 1 fully saturated rings. The van der Waals surface area contributed by atoms with Crippen LogP contribution in [0.1, 0.15) is 30.7 Å². The van der Waals surface area contributed by atoms with Crippen molar-refractivity contribution in [1.82, 2.24) is 9.36 Å². The molecule has 17 heavy (non-hydrogen) atoms. The molecule has 1 aliphatic carbocycles. The lowest BCUT2D eigenvalue weighted by atomic mass is 10.2. The SMILES string of the molecule is CCC1CC1c1nc(-c2cccc(F)c2)ns1. The van der Waals surface area contributed by atoms with Crippen molar-refractivity contribution < 1.29 is 4.39 Å². The third-order valence-electron chi connectivity index (χ3n) is 3.29. The Morgan fingerprint density at radius 1 is 1.47 bits per heavy atom. The number of hydrogen-bond donors (Lipinski definition) is 0. The van der Waals surface area contributed by atoms with E-state index in [-0.39, 0.29) is 5.82 Å². The molecule has 2 aromatic rings. The van der Waals surface area contributed by atoms with Crippen LogP contribution in [0, 0.1) is 11.7 Å². The van der Waals surface area contributed by atoms with Crippen LogP contribution in [-0.4, -0.2) is 9.36 Å². The van der Waals surface area contributed by atoms with E-state index in [4.69, 9.17) is 0 Å². The molecule has 0 N–H and O–H groups in total. The first-order valence-corrected chi connectivity index (χ1v) is 6.65. The highest BCUT2D eigenvalue weighted by Crippen LogP contribution is 2.50. The Morgan fingerprint density at radius 2 is 2.35 bits per heavy atom. The fraction of sp³-hybridized carbons (Fsp3) is 0.385. The fourth-order valence-corrected chi connectivity index (χ4v) is 3.01. The number of nitrogens with zero attached hydrogens (tertiary/aromatic N) is 2. The zero-order chi connectivity index (χ0) is 11.8. The minimum Gasteiger partial charge on any atom is -0.219 e. The van der Waals surface area contributed by atoms with Gasteiger partial charge in [-0.15, -0.1) is 0 Å². The van der Waals surface area contributed by atoms with Gasteiger partial charge >= 0.3 is 0 Å². The van der Waals surface area contributed by atoms with Gasteiger partial charge in [0.1, 0.15) is 10.8 Å². The highest BCUT2D eigenvalue weighted by Gasteiger charge is 2.39. The first-order chi connectivity index (χ1) is 8.28. The Kier molecular flexibility index (Phi) is 2.67. The molecule has 0 spiro atoms. The van der Waals surface area contributed by atoms with Crippen LogP contribution in [0.25, 0.3) is 11.4 Å². The molecular weight excluding hydrogens is 235 g/mol. The maximum Gasteiger partial charge on any atom is 0.173 e. The van der Waals surface area contributed by atoms with Crippen LogP contribution < -0.4 is 0 Å². The van der Waals surface area contributed by atoms with Crippen molar-refractivity contribution in [3.8, 4) is 11.4 Å². The van der Waals surface area contributed by atoms with Gasteiger partial charge in [0.2, 0.25) is 0 Å². The lowest BCUT2D eigenvalue weighted by molar-refractivity contribution is 0.628. The molecule has 88 valence electrons. The van der Waals surface area contributed by atoms with Gasteiger partial charge in [-0.3, -0.25) is 0 Å². The van der Waals surface area contributed by atoms with Crippen LogP contribution in [0.2, 0.25) is 0 Å². The number of aromatic nitrogens is 2. The fourth-order valence-electron chi connectivity index (χ4n) is 2.13. The van der Waals surface area contributed by atoms with E-state index in [1.54, 1.807) is 6.07 Å². The van der Waals surface area contributed by atoms with Crippen molar-refractivity contribution in [3.63, 3.8) is 0 Å². The van der Waals surface area contributed by atoms with Gasteiger partial charge in [0.15, 0.2) is 5.82 Å². The van der Waals surface area contributed by atoms with Crippen molar-refractivity contribution in [1.29, 1.82) is 0 Å². The average Bonchev–Trinajstić information content (AvgIpc) is 2.97. The summed E-state index contributed by atoms with van der Waals surface area (Å²) >= 11 is 1.46. The molecule has 0 bridgehead atoms. The summed E-state index contributed by atoms with van der Waals surface area (Å²) in [7, 11) is 0. The molecule has 0 aliphatic heterocycles. The second-order valence-corrected chi connectivity index (χ2v) is 5.26. The molecule has 1 aromatic carbocycles. The van der Waals surface area contributed by atoms with Gasteiger partial charge in [-0.25, -0.2) is 9.37 Å². The first kappa shape index (κ1) is 10.8. The molecule has 2 unspecified atom stereocenters. The van der Waals surface area contributed by atoms with E-state index < -0.39 is 0 Å². The van der Waals surface area contributed by atoms with E-state index in [1.807, 2.05) is 6.07 Å². The Hall–Kier alpha value is -1.29. The molecule has 1 aliphatic rings. The van der Waals surface area contributed by atoms with Crippen LogP contribution in [0.4, 0.5) is 4.39 Å². The minimum absolute atomic E-state index is 0.239. The van der Waals surface area contributed by atoms with Gasteiger partial charge in [0.05, 0.1) is 0 Å². The Morgan fingerprint density at radius 3 is 3.06 bits per heavy atom. The van der Waals surface area contributed by atoms with E-state index in [0.29, 0.717) is 11.7 Å². The molecule has 0 radical (unpaired) electrons. The maximum atomic E-state index is 13.1. The summed E-state index contributed by atoms with van der Waals surface area (Å²) in [5.41, 5.74) is 0.765. The summed E-state index contributed by atoms with van der Waals surface area (Å²) in [6, 6.07) is 6.46. The summed E-state index contributed by atoms with van der Waals surface area (Å²) in [4.78, 5) is 4.52. The van der Waals surface area contributed by atoms with Gasteiger partial charge < -0.3 is 0 Å². The zero-order valence-corrected chi connectivity index (χ0v) is 10.4. The van der Waals surface area contributed by atoms with Crippen LogP contribution in [0.15, 0.2) is 24.3 Å². The highest BCUT2D eigenvalue weighted by atomic mass is 32.1. The lowest BCUT2D eigenvalue weighted by Crippen LogP contribution is -1.84. The summed E-state index contributed by atoms with van der Waals surface area (Å²) < 4.78 is 17.4. The number of rotatable bonds is 3. The monoisotopic (exact) mass is 248 g/mol. The first-order valence-electron chi connectivity index (χ1n) is 5.87. The maximum absolute atomic E-state index is 13.1. The Labute approximate surface area is 104 Å². The number of hydrogen-bond acceptors (Lipinski definition) is 3. The van der Waals surface area contributed by atoms with Crippen molar-refractivity contribution in [2.45, 2.75) is 25.7 Å². The number of halogens is 1. The topological polar surface area (TPSA) is 25.8 Å². The standard InChI is InChI=1S/C13H13FN2S/c1-2-8-7-11(8)13-15-12(16-17-13)9-4-3-5-10(14)6-9/h3-6,8,11H,2,7H2,1H3. The summed E-state index contributed by atoms with van der Waals surface area (Å²) in [6.45, 7) is 2.21. The quantitative estimate of drug-likeness (QED) is 0.824. The third-order valence-corrected chi connectivity index (χ3v) is 4.13. The Balaban J connectivity index is 1.85. The van der Waals surface area contributed by atoms with Crippen molar-refractivity contribution in [2.75, 3.05) is 0 Å². The predicted molar refractivity (Wildman–Crippen MR) is 66.4 cm³/mol. The van der Waals surface area contributed by atoms with Gasteiger partial charge in [0.25, 0.3) is 0 Å². The van der Waals surface area contributed by atoms with Crippen LogP contribution in [0.3, 0.4) is 0 Å². The van der Waals surface area contributed by atoms with Crippen LogP contribution in [0.5, 0.6) is 0 Å². The van der Waals surface area contributed by atoms with Crippen LogP contribution in [-0.2, 0) is 0 Å². The molecular formula is C13H13FN2S. The molecule has 2 atom stereocenters. The van der Waals surface area contributed by atoms with Gasteiger partial charge in [0, 0.05) is 11.5 Å². The second-order valence-electron chi connectivity index (χ2n) is 4.48. The van der Waals surface area contributed by atoms with E-state index in [0.717, 1.165) is 16.5 Å². The summed E-state index contributed by atoms with van der Waals surface area (Å²) in [5, 5.41) is 1.11. The largest absolute Gasteiger partial charge is 0.219 e. The van der Waals surface area contributed by atoms with E-state index in [1.165, 1.54) is 36.5 Å². The molecule has 0 amide bonds. The molecule has 4 heteroatoms. The average molecular weight is 248 g/mol. The third kappa shape index (κ3) is 2.09. The zero-order valence-electron chi connectivity index (χ0n) is 9.56. The normalized spacial score (nSPS) is 22.7. The molecule has 2 nitrogen and oxygen atoms in total. The van der Waals surface area contributed by atoms with Crippen molar-refractivity contribution in [3.05, 3.63) is 35.1 Å². The molecule has 3 rings (SSSR count).